The molecule has 0 amide bonds. The van der Waals surface area contributed by atoms with Gasteiger partial charge in [0.1, 0.15) is 9.84 Å². The molecule has 0 aromatic heterocycles. The van der Waals surface area contributed by atoms with E-state index in [4.69, 9.17) is 0 Å². The molecule has 2 rings (SSSR count). The molecule has 3 heteroatoms. The fourth-order valence-corrected chi connectivity index (χ4v) is 4.61. The first-order chi connectivity index (χ1) is 5.97. The third-order valence-corrected chi connectivity index (χ3v) is 5.02. The summed E-state index contributed by atoms with van der Waals surface area (Å²) in [5.41, 5.74) is 0. The van der Waals surface area contributed by atoms with Crippen molar-refractivity contribution >= 4 is 9.84 Å². The summed E-state index contributed by atoms with van der Waals surface area (Å²) in [5.74, 6) is 3.09. The molecule has 0 N–H and O–H groups in total. The molecule has 2 saturated carbocycles. The summed E-state index contributed by atoms with van der Waals surface area (Å²) in [6, 6.07) is 0. The summed E-state index contributed by atoms with van der Waals surface area (Å²) in [6.45, 7) is 2.24. The van der Waals surface area contributed by atoms with Crippen LogP contribution in [0.4, 0.5) is 0 Å². The summed E-state index contributed by atoms with van der Waals surface area (Å²) in [4.78, 5) is 0. The van der Waals surface area contributed by atoms with Gasteiger partial charge in [0.15, 0.2) is 0 Å². The number of fused-ring (bicyclic) bond motifs is 2. The summed E-state index contributed by atoms with van der Waals surface area (Å²) in [6.07, 6.45) is 5.27. The molecule has 2 aliphatic carbocycles. The fourth-order valence-electron chi connectivity index (χ4n) is 3.34. The van der Waals surface area contributed by atoms with E-state index in [1.807, 2.05) is 0 Å². The number of hydrogen-bond donors (Lipinski definition) is 0. The van der Waals surface area contributed by atoms with Crippen LogP contribution in [0, 0.1) is 23.7 Å². The monoisotopic (exact) mass is 202 g/mol. The predicted molar refractivity (Wildman–Crippen MR) is 53.2 cm³/mol. The molecule has 0 aromatic rings. The van der Waals surface area contributed by atoms with Crippen molar-refractivity contribution < 1.29 is 8.42 Å². The molecule has 76 valence electrons. The van der Waals surface area contributed by atoms with Gasteiger partial charge in [0, 0.05) is 6.26 Å². The summed E-state index contributed by atoms with van der Waals surface area (Å²) in [7, 11) is -2.76. The summed E-state index contributed by atoms with van der Waals surface area (Å²) in [5, 5.41) is 0. The van der Waals surface area contributed by atoms with E-state index in [1.165, 1.54) is 25.5 Å². The van der Waals surface area contributed by atoms with Crippen molar-refractivity contribution in [3.63, 3.8) is 0 Å². The summed E-state index contributed by atoms with van der Waals surface area (Å²) < 4.78 is 22.4. The van der Waals surface area contributed by atoms with Crippen molar-refractivity contribution in [2.75, 3.05) is 12.0 Å². The second-order valence-electron chi connectivity index (χ2n) is 4.95. The SMILES string of the molecule is CC1C2CCC(C2)C1CS(C)(=O)=O. The van der Waals surface area contributed by atoms with E-state index in [2.05, 4.69) is 6.92 Å². The van der Waals surface area contributed by atoms with E-state index in [1.54, 1.807) is 0 Å². The minimum absolute atomic E-state index is 0.426. The van der Waals surface area contributed by atoms with E-state index >= 15 is 0 Å². The number of sulfone groups is 1. The van der Waals surface area contributed by atoms with E-state index in [9.17, 15) is 8.42 Å². The van der Waals surface area contributed by atoms with Crippen LogP contribution in [-0.4, -0.2) is 20.4 Å². The van der Waals surface area contributed by atoms with Gasteiger partial charge in [-0.3, -0.25) is 0 Å². The Hall–Kier alpha value is -0.0500. The Bertz CT molecular complexity index is 292. The van der Waals surface area contributed by atoms with Gasteiger partial charge in [-0.15, -0.1) is 0 Å². The lowest BCUT2D eigenvalue weighted by Gasteiger charge is -2.27. The topological polar surface area (TPSA) is 34.1 Å². The van der Waals surface area contributed by atoms with Gasteiger partial charge in [0.2, 0.25) is 0 Å². The lowest BCUT2D eigenvalue weighted by atomic mass is 9.82. The minimum Gasteiger partial charge on any atom is -0.229 e. The van der Waals surface area contributed by atoms with Gasteiger partial charge < -0.3 is 0 Å². The van der Waals surface area contributed by atoms with Crippen LogP contribution in [0.3, 0.4) is 0 Å². The van der Waals surface area contributed by atoms with Crippen molar-refractivity contribution in [1.29, 1.82) is 0 Å². The van der Waals surface area contributed by atoms with Crippen molar-refractivity contribution in [2.24, 2.45) is 23.7 Å². The molecule has 2 nitrogen and oxygen atoms in total. The Labute approximate surface area is 80.6 Å². The molecule has 2 fully saturated rings. The first-order valence-electron chi connectivity index (χ1n) is 5.15. The first kappa shape index (κ1) is 9.50. The van der Waals surface area contributed by atoms with Crippen LogP contribution in [0.2, 0.25) is 0 Å². The standard InChI is InChI=1S/C10H18O2S/c1-7-8-3-4-9(5-8)10(7)6-13(2,11)12/h7-10H,3-6H2,1-2H3. The maximum atomic E-state index is 11.2. The highest BCUT2D eigenvalue weighted by atomic mass is 32.2. The quantitative estimate of drug-likeness (QED) is 0.683. The van der Waals surface area contributed by atoms with E-state index in [0.717, 1.165) is 11.8 Å². The molecule has 0 aromatic carbocycles. The van der Waals surface area contributed by atoms with Gasteiger partial charge >= 0.3 is 0 Å². The molecule has 4 unspecified atom stereocenters. The van der Waals surface area contributed by atoms with Gasteiger partial charge in [0.05, 0.1) is 5.75 Å². The Morgan fingerprint density at radius 1 is 1.23 bits per heavy atom. The molecule has 0 heterocycles. The van der Waals surface area contributed by atoms with Crippen molar-refractivity contribution in [2.45, 2.75) is 26.2 Å². The normalized spacial score (nSPS) is 44.2. The maximum Gasteiger partial charge on any atom is 0.147 e. The van der Waals surface area contributed by atoms with Gasteiger partial charge in [-0.25, -0.2) is 8.42 Å². The molecule has 0 radical (unpaired) electrons. The molecule has 2 aliphatic rings. The molecular formula is C10H18O2S. The van der Waals surface area contributed by atoms with Gasteiger partial charge in [0.25, 0.3) is 0 Å². The molecule has 13 heavy (non-hydrogen) atoms. The number of hydrogen-bond acceptors (Lipinski definition) is 2. The largest absolute Gasteiger partial charge is 0.229 e. The lowest BCUT2D eigenvalue weighted by molar-refractivity contribution is 0.261. The van der Waals surface area contributed by atoms with Crippen molar-refractivity contribution in [3.05, 3.63) is 0 Å². The molecular weight excluding hydrogens is 184 g/mol. The maximum absolute atomic E-state index is 11.2. The Balaban J connectivity index is 2.09. The fraction of sp³-hybridized carbons (Fsp3) is 1.00. The molecule has 0 spiro atoms. The molecule has 4 atom stereocenters. The first-order valence-corrected chi connectivity index (χ1v) is 7.21. The average Bonchev–Trinajstić information content (AvgIpc) is 2.51. The smallest absolute Gasteiger partial charge is 0.147 e. The van der Waals surface area contributed by atoms with Gasteiger partial charge in [-0.2, -0.15) is 0 Å². The van der Waals surface area contributed by atoms with Crippen LogP contribution in [0.1, 0.15) is 26.2 Å². The zero-order valence-electron chi connectivity index (χ0n) is 8.36. The zero-order valence-corrected chi connectivity index (χ0v) is 9.18. The Morgan fingerprint density at radius 2 is 1.85 bits per heavy atom. The van der Waals surface area contributed by atoms with Crippen LogP contribution in [-0.2, 0) is 9.84 Å². The van der Waals surface area contributed by atoms with E-state index < -0.39 is 9.84 Å². The van der Waals surface area contributed by atoms with Crippen LogP contribution >= 0.6 is 0 Å². The van der Waals surface area contributed by atoms with Crippen LogP contribution in [0.15, 0.2) is 0 Å². The van der Waals surface area contributed by atoms with E-state index in [0.29, 0.717) is 17.6 Å². The summed E-state index contributed by atoms with van der Waals surface area (Å²) >= 11 is 0. The van der Waals surface area contributed by atoms with Gasteiger partial charge in [-0.05, 0) is 42.9 Å². The third kappa shape index (κ3) is 1.76. The molecule has 0 saturated heterocycles. The highest BCUT2D eigenvalue weighted by molar-refractivity contribution is 7.90. The van der Waals surface area contributed by atoms with Crippen molar-refractivity contribution in [3.8, 4) is 0 Å². The van der Waals surface area contributed by atoms with Crippen LogP contribution in [0.5, 0.6) is 0 Å². The van der Waals surface area contributed by atoms with Crippen molar-refractivity contribution in [1.82, 2.24) is 0 Å². The predicted octanol–water partition coefficient (Wildman–Crippen LogP) is 1.71. The lowest BCUT2D eigenvalue weighted by Crippen LogP contribution is -2.26. The van der Waals surface area contributed by atoms with E-state index in [-0.39, 0.29) is 0 Å². The second kappa shape index (κ2) is 2.97. The third-order valence-electron chi connectivity index (χ3n) is 4.03. The molecule has 0 aliphatic heterocycles. The Morgan fingerprint density at radius 3 is 2.31 bits per heavy atom. The van der Waals surface area contributed by atoms with Gasteiger partial charge in [-0.1, -0.05) is 6.92 Å². The second-order valence-corrected chi connectivity index (χ2v) is 7.13. The van der Waals surface area contributed by atoms with Crippen LogP contribution in [0.25, 0.3) is 0 Å². The highest BCUT2D eigenvalue weighted by Crippen LogP contribution is 2.52. The number of rotatable bonds is 2. The molecule has 2 bridgehead atoms. The Kier molecular flexibility index (Phi) is 2.17. The minimum atomic E-state index is -2.76. The zero-order chi connectivity index (χ0) is 9.64. The average molecular weight is 202 g/mol. The highest BCUT2D eigenvalue weighted by Gasteiger charge is 2.45. The van der Waals surface area contributed by atoms with Crippen LogP contribution < -0.4 is 0 Å².